The average Bonchev–Trinajstić information content (AvgIpc) is 3.28. The second-order valence-electron chi connectivity index (χ2n) is 6.88. The lowest BCUT2D eigenvalue weighted by Gasteiger charge is -2.32. The van der Waals surface area contributed by atoms with Gasteiger partial charge in [-0.05, 0) is 31.2 Å². The highest BCUT2D eigenvalue weighted by Gasteiger charge is 2.26. The number of hydrogen-bond donors (Lipinski definition) is 0. The van der Waals surface area contributed by atoms with E-state index in [0.717, 1.165) is 27.0 Å². The summed E-state index contributed by atoms with van der Waals surface area (Å²) < 4.78 is 5.43. The molecule has 5 heterocycles. The van der Waals surface area contributed by atoms with E-state index in [4.69, 9.17) is 9.72 Å². The fourth-order valence-electron chi connectivity index (χ4n) is 3.41. The third-order valence-corrected chi connectivity index (χ3v) is 5.89. The lowest BCUT2D eigenvalue weighted by molar-refractivity contribution is 0.00387. The molecule has 5 rings (SSSR count). The van der Waals surface area contributed by atoms with Gasteiger partial charge >= 0.3 is 0 Å². The molecule has 1 aliphatic heterocycles. The first kappa shape index (κ1) is 17.2. The third kappa shape index (κ3) is 2.92. The molecule has 1 atom stereocenters. The second kappa shape index (κ2) is 6.61. The molecule has 0 aliphatic carbocycles. The van der Waals surface area contributed by atoms with Crippen LogP contribution in [0.3, 0.4) is 0 Å². The molecule has 1 unspecified atom stereocenters. The summed E-state index contributed by atoms with van der Waals surface area (Å²) in [5.74, 6) is 0.0444. The number of amides is 1. The van der Waals surface area contributed by atoms with Gasteiger partial charge in [-0.1, -0.05) is 0 Å². The minimum atomic E-state index is 0.0444. The van der Waals surface area contributed by atoms with Crippen LogP contribution in [0.5, 0.6) is 0 Å². The number of hydrogen-bond acceptors (Lipinski definition) is 7. The predicted molar refractivity (Wildman–Crippen MR) is 106 cm³/mol. The lowest BCUT2D eigenvalue weighted by atomic mass is 10.1. The van der Waals surface area contributed by atoms with Crippen LogP contribution in [0, 0.1) is 0 Å². The normalized spacial score (nSPS) is 17.5. The molecule has 1 fully saturated rings. The maximum absolute atomic E-state index is 12.9. The average molecular weight is 394 g/mol. The third-order valence-electron chi connectivity index (χ3n) is 4.86. The van der Waals surface area contributed by atoms with Crippen LogP contribution < -0.4 is 0 Å². The zero-order valence-electron chi connectivity index (χ0n) is 15.5. The molecule has 0 radical (unpaired) electrons. The maximum Gasteiger partial charge on any atom is 0.264 e. The van der Waals surface area contributed by atoms with Crippen LogP contribution in [0.2, 0.25) is 0 Å². The van der Waals surface area contributed by atoms with Crippen molar-refractivity contribution in [3.8, 4) is 11.3 Å². The zero-order valence-corrected chi connectivity index (χ0v) is 16.3. The van der Waals surface area contributed by atoms with Crippen molar-refractivity contribution in [2.24, 2.45) is 7.05 Å². The molecule has 0 N–H and O–H groups in total. The van der Waals surface area contributed by atoms with Crippen LogP contribution in [-0.2, 0) is 11.8 Å². The Kier molecular flexibility index (Phi) is 4.06. The van der Waals surface area contributed by atoms with E-state index >= 15 is 0 Å². The van der Waals surface area contributed by atoms with Crippen LogP contribution in [-0.4, -0.2) is 61.6 Å². The summed E-state index contributed by atoms with van der Waals surface area (Å²) in [5.41, 5.74) is 3.01. The summed E-state index contributed by atoms with van der Waals surface area (Å²) in [5, 5.41) is 9.47. The molecule has 0 bridgehead atoms. The fourth-order valence-corrected chi connectivity index (χ4v) is 4.39. The molecule has 0 aromatic carbocycles. The smallest absolute Gasteiger partial charge is 0.264 e. The number of nitrogens with zero attached hydrogens (tertiary/aromatic N) is 6. The summed E-state index contributed by atoms with van der Waals surface area (Å²) in [6, 6.07) is 7.87. The second-order valence-corrected chi connectivity index (χ2v) is 7.91. The van der Waals surface area contributed by atoms with Gasteiger partial charge in [-0.15, -0.1) is 16.4 Å². The number of thiophene rings is 1. The van der Waals surface area contributed by atoms with Gasteiger partial charge in [-0.25, -0.2) is 9.97 Å². The number of carbonyl (C=O) groups excluding carboxylic acids is 1. The van der Waals surface area contributed by atoms with E-state index in [1.54, 1.807) is 13.2 Å². The Morgan fingerprint density at radius 1 is 1.29 bits per heavy atom. The van der Waals surface area contributed by atoms with E-state index in [2.05, 4.69) is 15.2 Å². The van der Waals surface area contributed by atoms with Crippen molar-refractivity contribution in [2.45, 2.75) is 13.0 Å². The number of rotatable bonds is 2. The zero-order chi connectivity index (χ0) is 19.3. The maximum atomic E-state index is 12.9. The highest BCUT2D eigenvalue weighted by Crippen LogP contribution is 2.29. The Hall–Kier alpha value is -2.91. The number of carbonyl (C=O) groups is 1. The number of morpholine rings is 1. The van der Waals surface area contributed by atoms with Crippen molar-refractivity contribution in [1.29, 1.82) is 0 Å². The molecule has 9 heteroatoms. The Morgan fingerprint density at radius 2 is 2.18 bits per heavy atom. The van der Waals surface area contributed by atoms with Crippen molar-refractivity contribution in [3.05, 3.63) is 35.3 Å². The van der Waals surface area contributed by atoms with Gasteiger partial charge < -0.3 is 9.64 Å². The molecule has 28 heavy (non-hydrogen) atoms. The van der Waals surface area contributed by atoms with Crippen LogP contribution in [0.1, 0.15) is 16.6 Å². The van der Waals surface area contributed by atoms with Crippen molar-refractivity contribution in [1.82, 2.24) is 29.9 Å². The van der Waals surface area contributed by atoms with Crippen LogP contribution in [0.15, 0.2) is 30.5 Å². The molecule has 0 saturated carbocycles. The number of aromatic nitrogens is 5. The number of fused-ring (bicyclic) bond motifs is 2. The topological polar surface area (TPSA) is 86.0 Å². The molecule has 1 saturated heterocycles. The standard InChI is InChI=1S/C19H18N6O2S/c1-11-10-27-6-5-25(11)19(26)16-8-12-3-4-14(21-18(12)28-16)13-7-15-17(20-9-13)23-24(2)22-15/h3-4,7-9,11H,5-6,10H2,1-2H3. The Labute approximate surface area is 164 Å². The van der Waals surface area contributed by atoms with E-state index < -0.39 is 0 Å². The van der Waals surface area contributed by atoms with Gasteiger partial charge in [0.25, 0.3) is 5.91 Å². The molecule has 4 aromatic rings. The largest absolute Gasteiger partial charge is 0.377 e. The number of ether oxygens (including phenoxy) is 1. The Balaban J connectivity index is 1.49. The molecule has 4 aromatic heterocycles. The van der Waals surface area contributed by atoms with Gasteiger partial charge in [0.2, 0.25) is 5.65 Å². The minimum Gasteiger partial charge on any atom is -0.377 e. The first-order chi connectivity index (χ1) is 13.6. The molecule has 1 amide bonds. The van der Waals surface area contributed by atoms with E-state index in [1.807, 2.05) is 36.1 Å². The number of pyridine rings is 2. The highest BCUT2D eigenvalue weighted by molar-refractivity contribution is 7.20. The summed E-state index contributed by atoms with van der Waals surface area (Å²) >= 11 is 1.42. The SMILES string of the molecule is CC1COCCN1C(=O)c1cc2ccc(-c3cnc4nn(C)nc4c3)nc2s1. The first-order valence-corrected chi connectivity index (χ1v) is 9.87. The van der Waals surface area contributed by atoms with Gasteiger partial charge in [0.15, 0.2) is 0 Å². The molecule has 0 spiro atoms. The summed E-state index contributed by atoms with van der Waals surface area (Å²) in [6.45, 7) is 3.80. The van der Waals surface area contributed by atoms with Gasteiger partial charge in [0, 0.05) is 30.7 Å². The van der Waals surface area contributed by atoms with Gasteiger partial charge in [-0.3, -0.25) is 4.79 Å². The van der Waals surface area contributed by atoms with Gasteiger partial charge in [0.05, 0.1) is 29.8 Å². The van der Waals surface area contributed by atoms with E-state index in [0.29, 0.717) is 30.3 Å². The Morgan fingerprint density at radius 3 is 3.04 bits per heavy atom. The number of aryl methyl sites for hydroxylation is 1. The van der Waals surface area contributed by atoms with Crippen molar-refractivity contribution in [2.75, 3.05) is 19.8 Å². The molecular formula is C19H18N6O2S. The molecule has 8 nitrogen and oxygen atoms in total. The van der Waals surface area contributed by atoms with Crippen LogP contribution in [0.25, 0.3) is 32.6 Å². The quantitative estimate of drug-likeness (QED) is 0.519. The van der Waals surface area contributed by atoms with Crippen molar-refractivity contribution in [3.63, 3.8) is 0 Å². The monoisotopic (exact) mass is 394 g/mol. The van der Waals surface area contributed by atoms with Crippen molar-refractivity contribution >= 4 is 38.6 Å². The Bertz CT molecular complexity index is 1200. The van der Waals surface area contributed by atoms with E-state index in [9.17, 15) is 4.79 Å². The lowest BCUT2D eigenvalue weighted by Crippen LogP contribution is -2.46. The highest BCUT2D eigenvalue weighted by atomic mass is 32.1. The first-order valence-electron chi connectivity index (χ1n) is 9.05. The minimum absolute atomic E-state index is 0.0444. The summed E-state index contributed by atoms with van der Waals surface area (Å²) in [7, 11) is 1.77. The molecular weight excluding hydrogens is 376 g/mol. The van der Waals surface area contributed by atoms with Crippen LogP contribution >= 0.6 is 11.3 Å². The summed E-state index contributed by atoms with van der Waals surface area (Å²) in [4.78, 5) is 26.9. The van der Waals surface area contributed by atoms with Gasteiger partial charge in [0.1, 0.15) is 10.3 Å². The van der Waals surface area contributed by atoms with Crippen LogP contribution in [0.4, 0.5) is 0 Å². The predicted octanol–water partition coefficient (Wildman–Crippen LogP) is 2.50. The van der Waals surface area contributed by atoms with E-state index in [-0.39, 0.29) is 11.9 Å². The van der Waals surface area contributed by atoms with Gasteiger partial charge in [-0.2, -0.15) is 9.90 Å². The molecule has 142 valence electrons. The summed E-state index contributed by atoms with van der Waals surface area (Å²) in [6.07, 6.45) is 1.75. The van der Waals surface area contributed by atoms with Crippen molar-refractivity contribution < 1.29 is 9.53 Å². The molecule has 1 aliphatic rings. The fraction of sp³-hybridized carbons (Fsp3) is 0.316. The van der Waals surface area contributed by atoms with E-state index in [1.165, 1.54) is 16.1 Å².